The van der Waals surface area contributed by atoms with Gasteiger partial charge in [0.2, 0.25) is 10.0 Å². The maximum atomic E-state index is 11.8. The number of amides is 1. The van der Waals surface area contributed by atoms with Crippen molar-refractivity contribution in [2.75, 3.05) is 23.7 Å². The molecule has 0 atom stereocenters. The van der Waals surface area contributed by atoms with E-state index in [1.807, 2.05) is 18.2 Å². The number of rotatable bonds is 8. The van der Waals surface area contributed by atoms with Gasteiger partial charge in [-0.05, 0) is 43.3 Å². The van der Waals surface area contributed by atoms with E-state index in [1.165, 1.54) is 4.31 Å². The molecule has 0 aliphatic carbocycles. The van der Waals surface area contributed by atoms with Crippen molar-refractivity contribution in [1.82, 2.24) is 10.3 Å². The number of sulfonamides is 1. The molecule has 0 saturated heterocycles. The molecule has 0 spiro atoms. The summed E-state index contributed by atoms with van der Waals surface area (Å²) in [6.07, 6.45) is 2.82. The van der Waals surface area contributed by atoms with Crippen LogP contribution in [0.4, 0.5) is 5.69 Å². The summed E-state index contributed by atoms with van der Waals surface area (Å²) in [6.45, 7) is 2.31. The van der Waals surface area contributed by atoms with E-state index in [9.17, 15) is 13.2 Å². The third kappa shape index (κ3) is 5.75. The Bertz CT molecular complexity index is 792. The Morgan fingerprint density at radius 2 is 1.92 bits per heavy atom. The van der Waals surface area contributed by atoms with Gasteiger partial charge >= 0.3 is 0 Å². The molecule has 0 aliphatic rings. The lowest BCUT2D eigenvalue weighted by molar-refractivity contribution is -0.123. The van der Waals surface area contributed by atoms with E-state index in [4.69, 9.17) is 4.74 Å². The van der Waals surface area contributed by atoms with Gasteiger partial charge in [-0.2, -0.15) is 0 Å². The zero-order valence-electron chi connectivity index (χ0n) is 14.2. The molecule has 1 N–H and O–H groups in total. The second-order valence-corrected chi connectivity index (χ2v) is 7.21. The lowest BCUT2D eigenvalue weighted by Crippen LogP contribution is -2.29. The van der Waals surface area contributed by atoms with Crippen molar-refractivity contribution in [3.63, 3.8) is 0 Å². The summed E-state index contributed by atoms with van der Waals surface area (Å²) < 4.78 is 30.1. The Kier molecular flexibility index (Phi) is 6.35. The Hall–Kier alpha value is -2.61. The van der Waals surface area contributed by atoms with Crippen LogP contribution in [0.5, 0.6) is 5.75 Å². The lowest BCUT2D eigenvalue weighted by Gasteiger charge is -2.20. The van der Waals surface area contributed by atoms with E-state index >= 15 is 0 Å². The van der Waals surface area contributed by atoms with Gasteiger partial charge in [-0.25, -0.2) is 8.42 Å². The molecule has 0 unspecified atom stereocenters. The summed E-state index contributed by atoms with van der Waals surface area (Å²) in [5.41, 5.74) is 1.32. The van der Waals surface area contributed by atoms with Crippen molar-refractivity contribution in [2.45, 2.75) is 13.5 Å². The number of nitrogens with zero attached hydrogens (tertiary/aromatic N) is 2. The van der Waals surface area contributed by atoms with Crippen molar-refractivity contribution in [3.05, 3.63) is 54.4 Å². The van der Waals surface area contributed by atoms with Crippen molar-refractivity contribution in [2.24, 2.45) is 0 Å². The molecule has 1 aromatic carbocycles. The molecular weight excluding hydrogens is 342 g/mol. The molecule has 1 heterocycles. The van der Waals surface area contributed by atoms with Gasteiger partial charge in [-0.3, -0.25) is 14.1 Å². The Labute approximate surface area is 147 Å². The first-order valence-corrected chi connectivity index (χ1v) is 9.62. The molecule has 0 bridgehead atoms. The maximum absolute atomic E-state index is 11.8. The molecule has 25 heavy (non-hydrogen) atoms. The molecule has 1 aromatic heterocycles. The molecule has 2 rings (SSSR count). The van der Waals surface area contributed by atoms with Crippen LogP contribution in [0.25, 0.3) is 0 Å². The quantitative estimate of drug-likeness (QED) is 0.769. The molecule has 2 aromatic rings. The first-order chi connectivity index (χ1) is 11.9. The van der Waals surface area contributed by atoms with Crippen LogP contribution in [0.1, 0.15) is 12.6 Å². The molecule has 0 aliphatic heterocycles. The van der Waals surface area contributed by atoms with Crippen molar-refractivity contribution in [1.29, 1.82) is 0 Å². The summed E-state index contributed by atoms with van der Waals surface area (Å²) in [5, 5.41) is 2.71. The zero-order valence-corrected chi connectivity index (χ0v) is 15.0. The maximum Gasteiger partial charge on any atom is 0.258 e. The monoisotopic (exact) mass is 363 g/mol. The predicted octanol–water partition coefficient (Wildman–Crippen LogP) is 1.56. The van der Waals surface area contributed by atoms with Crippen LogP contribution < -0.4 is 14.4 Å². The van der Waals surface area contributed by atoms with Gasteiger partial charge in [0.25, 0.3) is 5.91 Å². The van der Waals surface area contributed by atoms with Gasteiger partial charge in [0.1, 0.15) is 5.75 Å². The van der Waals surface area contributed by atoms with Crippen LogP contribution in [0, 0.1) is 0 Å². The highest BCUT2D eigenvalue weighted by Crippen LogP contribution is 2.21. The highest BCUT2D eigenvalue weighted by Gasteiger charge is 2.15. The van der Waals surface area contributed by atoms with Crippen LogP contribution in [0.2, 0.25) is 0 Å². The average molecular weight is 363 g/mol. The van der Waals surface area contributed by atoms with Gasteiger partial charge in [0.15, 0.2) is 6.61 Å². The molecule has 0 saturated carbocycles. The van der Waals surface area contributed by atoms with Crippen LogP contribution in [-0.4, -0.2) is 38.7 Å². The fourth-order valence-electron chi connectivity index (χ4n) is 2.21. The number of carbonyl (C=O) groups excluding carboxylic acids is 1. The highest BCUT2D eigenvalue weighted by molar-refractivity contribution is 7.92. The second-order valence-electron chi connectivity index (χ2n) is 5.31. The molecule has 1 amide bonds. The number of hydrogen-bond donors (Lipinski definition) is 1. The number of nitrogens with one attached hydrogen (secondary N) is 1. The summed E-state index contributed by atoms with van der Waals surface area (Å²) in [4.78, 5) is 15.9. The zero-order chi connectivity index (χ0) is 18.3. The SMILES string of the molecule is CCN(c1ccc(OCC(=O)NCc2ccccn2)cc1)S(C)(=O)=O. The number of pyridine rings is 1. The normalized spacial score (nSPS) is 11.0. The van der Waals surface area contributed by atoms with Crippen LogP contribution in [0.15, 0.2) is 48.7 Å². The van der Waals surface area contributed by atoms with E-state index in [0.717, 1.165) is 11.9 Å². The van der Waals surface area contributed by atoms with Crippen LogP contribution in [0.3, 0.4) is 0 Å². The van der Waals surface area contributed by atoms with E-state index < -0.39 is 10.0 Å². The molecule has 0 radical (unpaired) electrons. The van der Waals surface area contributed by atoms with E-state index in [1.54, 1.807) is 37.4 Å². The number of hydrogen-bond acceptors (Lipinski definition) is 5. The van der Waals surface area contributed by atoms with Crippen molar-refractivity contribution < 1.29 is 17.9 Å². The predicted molar refractivity (Wildman–Crippen MR) is 95.9 cm³/mol. The summed E-state index contributed by atoms with van der Waals surface area (Å²) in [5.74, 6) is 0.224. The van der Waals surface area contributed by atoms with Crippen molar-refractivity contribution >= 4 is 21.6 Å². The molecule has 8 heteroatoms. The topological polar surface area (TPSA) is 88.6 Å². The summed E-state index contributed by atoms with van der Waals surface area (Å²) in [7, 11) is -3.32. The van der Waals surface area contributed by atoms with Crippen molar-refractivity contribution in [3.8, 4) is 5.75 Å². The van der Waals surface area contributed by atoms with Gasteiger partial charge < -0.3 is 10.1 Å². The lowest BCUT2D eigenvalue weighted by atomic mass is 10.3. The van der Waals surface area contributed by atoms with Gasteiger partial charge in [-0.1, -0.05) is 6.07 Å². The highest BCUT2D eigenvalue weighted by atomic mass is 32.2. The van der Waals surface area contributed by atoms with Crippen LogP contribution in [-0.2, 0) is 21.4 Å². The first-order valence-electron chi connectivity index (χ1n) is 7.77. The first kappa shape index (κ1) is 18.7. The standard InChI is InChI=1S/C17H21N3O4S/c1-3-20(25(2,22)23)15-7-9-16(10-8-15)24-13-17(21)19-12-14-6-4-5-11-18-14/h4-11H,3,12-13H2,1-2H3,(H,19,21). The summed E-state index contributed by atoms with van der Waals surface area (Å²) in [6, 6.07) is 12.0. The number of aromatic nitrogens is 1. The van der Waals surface area contributed by atoms with Gasteiger partial charge in [-0.15, -0.1) is 0 Å². The number of carbonyl (C=O) groups is 1. The smallest absolute Gasteiger partial charge is 0.258 e. The molecular formula is C17H21N3O4S. The van der Waals surface area contributed by atoms with E-state index in [2.05, 4.69) is 10.3 Å². The molecule has 0 fully saturated rings. The Morgan fingerprint density at radius 3 is 2.48 bits per heavy atom. The molecule has 7 nitrogen and oxygen atoms in total. The van der Waals surface area contributed by atoms with Gasteiger partial charge in [0.05, 0.1) is 24.2 Å². The minimum atomic E-state index is -3.32. The minimum absolute atomic E-state index is 0.129. The minimum Gasteiger partial charge on any atom is -0.484 e. The largest absolute Gasteiger partial charge is 0.484 e. The van der Waals surface area contributed by atoms with E-state index in [-0.39, 0.29) is 12.5 Å². The summed E-state index contributed by atoms with van der Waals surface area (Å²) >= 11 is 0. The van der Waals surface area contributed by atoms with E-state index in [0.29, 0.717) is 24.5 Å². The van der Waals surface area contributed by atoms with Gasteiger partial charge in [0, 0.05) is 12.7 Å². The fraction of sp³-hybridized carbons (Fsp3) is 0.294. The number of benzene rings is 1. The number of anilines is 1. The Morgan fingerprint density at radius 1 is 1.20 bits per heavy atom. The van der Waals surface area contributed by atoms with Crippen LogP contribution >= 0.6 is 0 Å². The third-order valence-electron chi connectivity index (χ3n) is 3.38. The average Bonchev–Trinajstić information content (AvgIpc) is 2.59. The molecule has 134 valence electrons. The Balaban J connectivity index is 1.86. The third-order valence-corrected chi connectivity index (χ3v) is 4.64. The fourth-order valence-corrected chi connectivity index (χ4v) is 3.18. The number of ether oxygens (including phenoxy) is 1. The second kappa shape index (κ2) is 8.48.